The summed E-state index contributed by atoms with van der Waals surface area (Å²) in [5, 5.41) is 11.0. The van der Waals surface area contributed by atoms with Crippen LogP contribution in [0.2, 0.25) is 0 Å². The number of piperidine rings is 1. The van der Waals surface area contributed by atoms with Gasteiger partial charge in [-0.2, -0.15) is 13.2 Å². The number of hydrogen-bond acceptors (Lipinski definition) is 4. The largest absolute Gasteiger partial charge is 0.483 e. The molecule has 0 saturated carbocycles. The highest BCUT2D eigenvalue weighted by Gasteiger charge is 2.38. The lowest BCUT2D eigenvalue weighted by Gasteiger charge is -2.38. The van der Waals surface area contributed by atoms with Gasteiger partial charge in [-0.15, -0.1) is 0 Å². The molecular weight excluding hydrogens is 481 g/mol. The van der Waals surface area contributed by atoms with Crippen LogP contribution in [-0.4, -0.2) is 54.6 Å². The minimum atomic E-state index is -4.48. The van der Waals surface area contributed by atoms with Crippen molar-refractivity contribution in [1.82, 2.24) is 9.80 Å². The number of halogens is 3. The summed E-state index contributed by atoms with van der Waals surface area (Å²) in [5.41, 5.74) is 1.12. The van der Waals surface area contributed by atoms with E-state index >= 15 is 0 Å². The number of hydrogen-bond donors (Lipinski definition) is 1. The fourth-order valence-electron chi connectivity index (χ4n) is 4.63. The van der Waals surface area contributed by atoms with Crippen molar-refractivity contribution in [2.45, 2.75) is 31.2 Å². The first kappa shape index (κ1) is 26.7. The third-order valence-corrected chi connectivity index (χ3v) is 6.68. The fourth-order valence-corrected chi connectivity index (χ4v) is 4.63. The van der Waals surface area contributed by atoms with Crippen LogP contribution in [0.4, 0.5) is 13.2 Å². The summed E-state index contributed by atoms with van der Waals surface area (Å²) in [6.45, 7) is 0.934. The molecule has 0 unspecified atom stereocenters. The van der Waals surface area contributed by atoms with Gasteiger partial charge in [0.25, 0.3) is 5.91 Å². The molecule has 1 heterocycles. The summed E-state index contributed by atoms with van der Waals surface area (Å²) in [7, 11) is 3.92. The molecular formula is C29H31F3N2O3. The van der Waals surface area contributed by atoms with Crippen LogP contribution in [0.3, 0.4) is 0 Å². The maximum absolute atomic E-state index is 13.1. The zero-order valence-electron chi connectivity index (χ0n) is 21.0. The van der Waals surface area contributed by atoms with Gasteiger partial charge in [-0.25, -0.2) is 0 Å². The van der Waals surface area contributed by atoms with Gasteiger partial charge in [0.15, 0.2) is 6.61 Å². The Hall–Kier alpha value is -3.36. The van der Waals surface area contributed by atoms with Gasteiger partial charge < -0.3 is 19.6 Å². The van der Waals surface area contributed by atoms with Gasteiger partial charge in [-0.1, -0.05) is 48.5 Å². The number of amides is 1. The lowest BCUT2D eigenvalue weighted by Crippen LogP contribution is -2.46. The summed E-state index contributed by atoms with van der Waals surface area (Å²) < 4.78 is 45.3. The van der Waals surface area contributed by atoms with Gasteiger partial charge in [-0.3, -0.25) is 4.79 Å². The smallest absolute Gasteiger partial charge is 0.416 e. The number of aliphatic hydroxyl groups is 1. The molecule has 0 bridgehead atoms. The predicted octanol–water partition coefficient (Wildman–Crippen LogP) is 5.32. The first-order chi connectivity index (χ1) is 17.5. The van der Waals surface area contributed by atoms with Crippen LogP contribution in [0.1, 0.15) is 29.5 Å². The van der Waals surface area contributed by atoms with Crippen molar-refractivity contribution in [2.75, 3.05) is 33.8 Å². The molecule has 8 heteroatoms. The highest BCUT2D eigenvalue weighted by molar-refractivity contribution is 5.78. The minimum Gasteiger partial charge on any atom is -0.483 e. The lowest BCUT2D eigenvalue weighted by atomic mass is 9.83. The van der Waals surface area contributed by atoms with Gasteiger partial charge in [0.1, 0.15) is 5.75 Å². The molecule has 0 spiro atoms. The summed E-state index contributed by atoms with van der Waals surface area (Å²) in [4.78, 5) is 16.5. The second kappa shape index (κ2) is 10.9. The van der Waals surface area contributed by atoms with E-state index in [2.05, 4.69) is 6.07 Å². The van der Waals surface area contributed by atoms with Crippen molar-refractivity contribution in [3.8, 4) is 16.9 Å². The van der Waals surface area contributed by atoms with E-state index in [9.17, 15) is 23.1 Å². The van der Waals surface area contributed by atoms with Gasteiger partial charge in [0, 0.05) is 25.2 Å². The molecule has 37 heavy (non-hydrogen) atoms. The molecule has 1 N–H and O–H groups in total. The van der Waals surface area contributed by atoms with Crippen molar-refractivity contribution < 1.29 is 27.8 Å². The SMILES string of the molecule is CN(C)Cc1cc(-c2ccccc2)ccc1OCC(=O)N1CCC(O)(c2cccc(C(F)(F)F)c2)CC1. The standard InChI is InChI=1S/C29H31F3N2O3/c1-33(2)19-23-17-22(21-7-4-3-5-8-21)11-12-26(23)37-20-27(35)34-15-13-28(36,14-16-34)24-9-6-10-25(18-24)29(30,31)32/h3-12,17-18,36H,13-16,19-20H2,1-2H3. The number of alkyl halides is 3. The van der Waals surface area contributed by atoms with Gasteiger partial charge in [0.05, 0.1) is 11.2 Å². The normalized spacial score (nSPS) is 15.6. The summed E-state index contributed by atoms with van der Waals surface area (Å²) in [6.07, 6.45) is -4.18. The number of ether oxygens (including phenoxy) is 1. The molecule has 1 fully saturated rings. The highest BCUT2D eigenvalue weighted by Crippen LogP contribution is 2.37. The molecule has 0 radical (unpaired) electrons. The number of rotatable bonds is 7. The summed E-state index contributed by atoms with van der Waals surface area (Å²) >= 11 is 0. The van der Waals surface area contributed by atoms with E-state index in [1.54, 1.807) is 4.90 Å². The molecule has 4 rings (SSSR count). The number of carbonyl (C=O) groups is 1. The van der Waals surface area contributed by atoms with Crippen molar-refractivity contribution >= 4 is 5.91 Å². The van der Waals surface area contributed by atoms with Crippen LogP contribution in [0.15, 0.2) is 72.8 Å². The van der Waals surface area contributed by atoms with Crippen LogP contribution >= 0.6 is 0 Å². The van der Waals surface area contributed by atoms with Crippen LogP contribution < -0.4 is 4.74 Å². The topological polar surface area (TPSA) is 53.0 Å². The molecule has 5 nitrogen and oxygen atoms in total. The van der Waals surface area contributed by atoms with Crippen molar-refractivity contribution in [2.24, 2.45) is 0 Å². The maximum atomic E-state index is 13.1. The molecule has 1 aliphatic heterocycles. The van der Waals surface area contributed by atoms with E-state index in [-0.39, 0.29) is 44.0 Å². The maximum Gasteiger partial charge on any atom is 0.416 e. The van der Waals surface area contributed by atoms with E-state index in [0.29, 0.717) is 12.3 Å². The lowest BCUT2D eigenvalue weighted by molar-refractivity contribution is -0.138. The third kappa shape index (κ3) is 6.50. The fraction of sp³-hybridized carbons (Fsp3) is 0.345. The summed E-state index contributed by atoms with van der Waals surface area (Å²) in [5.74, 6) is 0.397. The Morgan fingerprint density at radius 3 is 2.32 bits per heavy atom. The molecule has 0 atom stereocenters. The van der Waals surface area contributed by atoms with Gasteiger partial charge in [-0.05, 0) is 67.9 Å². The molecule has 196 valence electrons. The van der Waals surface area contributed by atoms with E-state index in [1.165, 1.54) is 12.1 Å². The zero-order chi connectivity index (χ0) is 26.6. The molecule has 0 aromatic heterocycles. The quantitative estimate of drug-likeness (QED) is 0.466. The number of nitrogens with zero attached hydrogens (tertiary/aromatic N) is 2. The Morgan fingerprint density at radius 2 is 1.68 bits per heavy atom. The minimum absolute atomic E-state index is 0.150. The van der Waals surface area contributed by atoms with E-state index in [1.807, 2.05) is 61.5 Å². The Balaban J connectivity index is 1.40. The third-order valence-electron chi connectivity index (χ3n) is 6.68. The van der Waals surface area contributed by atoms with Gasteiger partial charge >= 0.3 is 6.18 Å². The Morgan fingerprint density at radius 1 is 0.973 bits per heavy atom. The average Bonchev–Trinajstić information content (AvgIpc) is 2.88. The number of carbonyl (C=O) groups excluding carboxylic acids is 1. The Kier molecular flexibility index (Phi) is 7.90. The molecule has 1 aliphatic rings. The molecule has 3 aromatic rings. The predicted molar refractivity (Wildman–Crippen MR) is 136 cm³/mol. The van der Waals surface area contributed by atoms with Crippen LogP contribution in [-0.2, 0) is 23.1 Å². The van der Waals surface area contributed by atoms with Crippen LogP contribution in [0, 0.1) is 0 Å². The van der Waals surface area contributed by atoms with E-state index < -0.39 is 17.3 Å². The summed E-state index contributed by atoms with van der Waals surface area (Å²) in [6, 6.07) is 20.7. The van der Waals surface area contributed by atoms with Crippen molar-refractivity contribution in [3.05, 3.63) is 89.5 Å². The zero-order valence-corrected chi connectivity index (χ0v) is 21.0. The first-order valence-electron chi connectivity index (χ1n) is 12.2. The second-order valence-corrected chi connectivity index (χ2v) is 9.71. The average molecular weight is 513 g/mol. The van der Waals surface area contributed by atoms with E-state index in [4.69, 9.17) is 4.74 Å². The Bertz CT molecular complexity index is 1220. The van der Waals surface area contributed by atoms with Crippen molar-refractivity contribution in [3.63, 3.8) is 0 Å². The molecule has 0 aliphatic carbocycles. The first-order valence-corrected chi connectivity index (χ1v) is 12.2. The Labute approximate surface area is 215 Å². The highest BCUT2D eigenvalue weighted by atomic mass is 19.4. The monoisotopic (exact) mass is 512 g/mol. The molecule has 1 amide bonds. The van der Waals surface area contributed by atoms with E-state index in [0.717, 1.165) is 28.8 Å². The van der Waals surface area contributed by atoms with Crippen LogP contribution in [0.5, 0.6) is 5.75 Å². The van der Waals surface area contributed by atoms with Crippen molar-refractivity contribution in [1.29, 1.82) is 0 Å². The van der Waals surface area contributed by atoms with Gasteiger partial charge in [0.2, 0.25) is 0 Å². The second-order valence-electron chi connectivity index (χ2n) is 9.71. The molecule has 1 saturated heterocycles. The molecule has 3 aromatic carbocycles. The number of likely N-dealkylation sites (tertiary alicyclic amines) is 1. The van der Waals surface area contributed by atoms with Crippen LogP contribution in [0.25, 0.3) is 11.1 Å². The number of benzene rings is 3.